The van der Waals surface area contributed by atoms with Crippen molar-refractivity contribution >= 4 is 33.2 Å². The van der Waals surface area contributed by atoms with Crippen molar-refractivity contribution in [1.82, 2.24) is 10.2 Å². The molecule has 0 saturated carbocycles. The van der Waals surface area contributed by atoms with E-state index in [-0.39, 0.29) is 5.91 Å². The Morgan fingerprint density at radius 3 is 2.84 bits per heavy atom. The second kappa shape index (κ2) is 7.41. The summed E-state index contributed by atoms with van der Waals surface area (Å²) in [6.45, 7) is 6.07. The molecule has 3 nitrogen and oxygen atoms in total. The van der Waals surface area contributed by atoms with Crippen LogP contribution in [0.4, 0.5) is 0 Å². The van der Waals surface area contributed by atoms with Gasteiger partial charge in [0, 0.05) is 18.5 Å². The van der Waals surface area contributed by atoms with E-state index in [4.69, 9.17) is 0 Å². The lowest BCUT2D eigenvalue weighted by molar-refractivity contribution is 0.0717. The summed E-state index contributed by atoms with van der Waals surface area (Å²) >= 11 is 5.00. The minimum atomic E-state index is 0.183. The molecule has 1 fully saturated rings. The Bertz CT molecular complexity index is 415. The number of halogens is 1. The van der Waals surface area contributed by atoms with Gasteiger partial charge in [-0.3, -0.25) is 4.79 Å². The molecule has 1 aliphatic rings. The largest absolute Gasteiger partial charge is 0.338 e. The van der Waals surface area contributed by atoms with Crippen molar-refractivity contribution in [2.24, 2.45) is 5.92 Å². The van der Waals surface area contributed by atoms with E-state index in [1.54, 1.807) is 11.3 Å². The van der Waals surface area contributed by atoms with Crippen molar-refractivity contribution in [3.63, 3.8) is 0 Å². The zero-order valence-electron chi connectivity index (χ0n) is 11.3. The molecule has 0 radical (unpaired) electrons. The first-order chi connectivity index (χ1) is 9.20. The Labute approximate surface area is 127 Å². The first-order valence-electron chi connectivity index (χ1n) is 6.94. The van der Waals surface area contributed by atoms with E-state index >= 15 is 0 Å². The molecule has 2 rings (SSSR count). The third-order valence-electron chi connectivity index (χ3n) is 3.53. The Balaban J connectivity index is 1.99. The SMILES string of the molecule is CCCN(CC1CCNCC1)C(=O)c1csc(Br)c1. The van der Waals surface area contributed by atoms with Crippen LogP contribution in [0.5, 0.6) is 0 Å². The lowest BCUT2D eigenvalue weighted by atomic mass is 9.97. The van der Waals surface area contributed by atoms with E-state index in [1.807, 2.05) is 16.3 Å². The number of thiophene rings is 1. The molecular weight excluding hydrogens is 324 g/mol. The number of nitrogens with zero attached hydrogens (tertiary/aromatic N) is 1. The summed E-state index contributed by atoms with van der Waals surface area (Å²) in [5.74, 6) is 0.834. The topological polar surface area (TPSA) is 32.3 Å². The van der Waals surface area contributed by atoms with Crippen LogP contribution in [0.25, 0.3) is 0 Å². The number of amides is 1. The lowest BCUT2D eigenvalue weighted by Crippen LogP contribution is -2.39. The molecule has 0 bridgehead atoms. The summed E-state index contributed by atoms with van der Waals surface area (Å²) in [5.41, 5.74) is 0.819. The fourth-order valence-electron chi connectivity index (χ4n) is 2.53. The highest BCUT2D eigenvalue weighted by molar-refractivity contribution is 9.11. The van der Waals surface area contributed by atoms with Crippen molar-refractivity contribution in [2.45, 2.75) is 26.2 Å². The van der Waals surface area contributed by atoms with E-state index in [0.29, 0.717) is 5.92 Å². The maximum absolute atomic E-state index is 12.5. The van der Waals surface area contributed by atoms with E-state index < -0.39 is 0 Å². The number of hydrogen-bond donors (Lipinski definition) is 1. The van der Waals surface area contributed by atoms with E-state index in [1.165, 1.54) is 12.8 Å². The maximum atomic E-state index is 12.5. The molecule has 19 heavy (non-hydrogen) atoms. The molecule has 1 amide bonds. The van der Waals surface area contributed by atoms with Crippen LogP contribution < -0.4 is 5.32 Å². The average Bonchev–Trinajstić information content (AvgIpc) is 2.85. The van der Waals surface area contributed by atoms with Crippen LogP contribution in [-0.2, 0) is 0 Å². The average molecular weight is 345 g/mol. The van der Waals surface area contributed by atoms with E-state index in [0.717, 1.165) is 41.9 Å². The molecule has 1 aromatic rings. The summed E-state index contributed by atoms with van der Waals surface area (Å²) in [5, 5.41) is 5.32. The van der Waals surface area contributed by atoms with Gasteiger partial charge in [-0.15, -0.1) is 11.3 Å². The number of carbonyl (C=O) groups is 1. The van der Waals surface area contributed by atoms with Gasteiger partial charge in [0.15, 0.2) is 0 Å². The Hall–Kier alpha value is -0.390. The van der Waals surface area contributed by atoms with Gasteiger partial charge in [0.05, 0.1) is 9.35 Å². The first kappa shape index (κ1) is 15.0. The highest BCUT2D eigenvalue weighted by atomic mass is 79.9. The minimum Gasteiger partial charge on any atom is -0.338 e. The molecule has 1 aliphatic heterocycles. The Morgan fingerprint density at radius 1 is 1.53 bits per heavy atom. The quantitative estimate of drug-likeness (QED) is 0.888. The highest BCUT2D eigenvalue weighted by Gasteiger charge is 2.21. The number of carbonyl (C=O) groups excluding carboxylic acids is 1. The predicted molar refractivity (Wildman–Crippen MR) is 83.8 cm³/mol. The van der Waals surface area contributed by atoms with Gasteiger partial charge >= 0.3 is 0 Å². The monoisotopic (exact) mass is 344 g/mol. The molecule has 1 saturated heterocycles. The second-order valence-corrected chi connectivity index (χ2v) is 7.37. The van der Waals surface area contributed by atoms with Gasteiger partial charge in [-0.2, -0.15) is 0 Å². The van der Waals surface area contributed by atoms with Gasteiger partial charge in [-0.05, 0) is 60.3 Å². The summed E-state index contributed by atoms with van der Waals surface area (Å²) in [4.78, 5) is 14.6. The van der Waals surface area contributed by atoms with Gasteiger partial charge in [0.2, 0.25) is 0 Å². The number of nitrogens with one attached hydrogen (secondary N) is 1. The van der Waals surface area contributed by atoms with Gasteiger partial charge in [-0.25, -0.2) is 0 Å². The van der Waals surface area contributed by atoms with Crippen molar-refractivity contribution < 1.29 is 4.79 Å². The number of rotatable bonds is 5. The highest BCUT2D eigenvalue weighted by Crippen LogP contribution is 2.23. The van der Waals surface area contributed by atoms with Crippen LogP contribution in [0.3, 0.4) is 0 Å². The van der Waals surface area contributed by atoms with Crippen molar-refractivity contribution in [3.05, 3.63) is 20.8 Å². The fourth-order valence-corrected chi connectivity index (χ4v) is 3.66. The molecule has 0 unspecified atom stereocenters. The smallest absolute Gasteiger partial charge is 0.254 e. The summed E-state index contributed by atoms with van der Waals surface area (Å²) in [6.07, 6.45) is 3.38. The zero-order chi connectivity index (χ0) is 13.7. The molecule has 2 heterocycles. The zero-order valence-corrected chi connectivity index (χ0v) is 13.7. The van der Waals surface area contributed by atoms with Crippen LogP contribution in [0, 0.1) is 5.92 Å². The minimum absolute atomic E-state index is 0.183. The van der Waals surface area contributed by atoms with Crippen LogP contribution >= 0.6 is 27.3 Å². The van der Waals surface area contributed by atoms with Crippen LogP contribution in [0.2, 0.25) is 0 Å². The normalized spacial score (nSPS) is 16.5. The third kappa shape index (κ3) is 4.29. The molecule has 0 spiro atoms. The fraction of sp³-hybridized carbons (Fsp3) is 0.643. The van der Waals surface area contributed by atoms with Crippen LogP contribution in [0.1, 0.15) is 36.5 Å². The third-order valence-corrected chi connectivity index (χ3v) is 5.04. The number of piperidine rings is 1. The van der Waals surface area contributed by atoms with Crippen LogP contribution in [0.15, 0.2) is 15.2 Å². The summed E-state index contributed by atoms with van der Waals surface area (Å²) in [6, 6.07) is 1.93. The van der Waals surface area contributed by atoms with E-state index in [2.05, 4.69) is 28.2 Å². The molecule has 0 atom stereocenters. The molecule has 0 aromatic carbocycles. The van der Waals surface area contributed by atoms with Crippen molar-refractivity contribution in [1.29, 1.82) is 0 Å². The van der Waals surface area contributed by atoms with Gasteiger partial charge in [-0.1, -0.05) is 6.92 Å². The molecule has 5 heteroatoms. The Kier molecular flexibility index (Phi) is 5.85. The Morgan fingerprint density at radius 2 is 2.26 bits per heavy atom. The maximum Gasteiger partial charge on any atom is 0.254 e. The van der Waals surface area contributed by atoms with Gasteiger partial charge < -0.3 is 10.2 Å². The van der Waals surface area contributed by atoms with Crippen molar-refractivity contribution in [2.75, 3.05) is 26.2 Å². The molecule has 1 N–H and O–H groups in total. The molecule has 106 valence electrons. The van der Waals surface area contributed by atoms with Crippen molar-refractivity contribution in [3.8, 4) is 0 Å². The molecular formula is C14H21BrN2OS. The van der Waals surface area contributed by atoms with E-state index in [9.17, 15) is 4.79 Å². The van der Waals surface area contributed by atoms with Gasteiger partial charge in [0.25, 0.3) is 5.91 Å². The molecule has 0 aliphatic carbocycles. The van der Waals surface area contributed by atoms with Crippen LogP contribution in [-0.4, -0.2) is 37.0 Å². The van der Waals surface area contributed by atoms with Gasteiger partial charge in [0.1, 0.15) is 0 Å². The second-order valence-electron chi connectivity index (χ2n) is 5.08. The standard InChI is InChI=1S/C14H21BrN2OS/c1-2-7-17(9-11-3-5-16-6-4-11)14(18)12-8-13(15)19-10-12/h8,10-11,16H,2-7,9H2,1H3. The summed E-state index contributed by atoms with van der Waals surface area (Å²) < 4.78 is 1.02. The number of hydrogen-bond acceptors (Lipinski definition) is 3. The predicted octanol–water partition coefficient (Wildman–Crippen LogP) is 3.36. The lowest BCUT2D eigenvalue weighted by Gasteiger charge is -2.30. The first-order valence-corrected chi connectivity index (χ1v) is 8.62. The molecule has 1 aromatic heterocycles. The summed E-state index contributed by atoms with van der Waals surface area (Å²) in [7, 11) is 0.